The van der Waals surface area contributed by atoms with Crippen molar-refractivity contribution in [1.82, 2.24) is 20.5 Å². The number of ether oxygens (including phenoxy) is 1. The molecule has 37 heteroatoms. The van der Waals surface area contributed by atoms with Gasteiger partial charge in [-0.15, -0.1) is 0 Å². The summed E-state index contributed by atoms with van der Waals surface area (Å²) in [5, 5.41) is 48.8. The average molecular weight is 1260 g/mol. The van der Waals surface area contributed by atoms with Crippen molar-refractivity contribution in [2.24, 2.45) is 5.73 Å². The van der Waals surface area contributed by atoms with Crippen LogP contribution in [0.1, 0.15) is 33.4 Å². The Balaban J connectivity index is 0.000000531. The average Bonchev–Trinajstić information content (AvgIpc) is 3.56. The molecule has 0 saturated heterocycles. The van der Waals surface area contributed by atoms with E-state index in [0.29, 0.717) is 22.6 Å². The number of pyridine rings is 1. The molecule has 0 saturated carbocycles. The number of nitrogens with zero attached hydrogens (tertiary/aromatic N) is 6. The summed E-state index contributed by atoms with van der Waals surface area (Å²) in [5.41, 5.74) is 16.7. The van der Waals surface area contributed by atoms with Gasteiger partial charge in [0.15, 0.2) is 0 Å². The molecule has 88 heavy (non-hydrogen) atoms. The minimum atomic E-state index is -5.62. The molecule has 2 aliphatic heterocycles. The number of hydrogen-bond donors (Lipinski definition) is 4. The van der Waals surface area contributed by atoms with Gasteiger partial charge in [0, 0.05) is 98.2 Å². The second-order valence-corrected chi connectivity index (χ2v) is 17.4. The Bertz CT molecular complexity index is 3340. The Morgan fingerprint density at radius 3 is 1.50 bits per heavy atom. The maximum atomic E-state index is 12.3. The van der Waals surface area contributed by atoms with Crippen LogP contribution < -0.4 is 41.0 Å². The fraction of sp³-hybridized carbons (Fsp3) is 0.275. The number of nitro benzene ring substituents is 4. The van der Waals surface area contributed by atoms with E-state index in [0.717, 1.165) is 53.7 Å². The first kappa shape index (κ1) is 76.6. The predicted octanol–water partition coefficient (Wildman–Crippen LogP) is 6.02. The predicted molar refractivity (Wildman–Crippen MR) is 280 cm³/mol. The van der Waals surface area contributed by atoms with Crippen LogP contribution >= 0.6 is 0 Å². The topological polar surface area (TPSA) is 372 Å². The second-order valence-electron chi connectivity index (χ2n) is 17.4. The smallest absolute Gasteiger partial charge is 0.870 e. The minimum Gasteiger partial charge on any atom is -0.870 e. The number of hydrogen-bond acceptors (Lipinski definition) is 18. The van der Waals surface area contributed by atoms with Crippen molar-refractivity contribution in [2.75, 3.05) is 31.9 Å². The van der Waals surface area contributed by atoms with Crippen LogP contribution in [0.4, 0.5) is 81.1 Å². The van der Waals surface area contributed by atoms with Crippen molar-refractivity contribution in [3.8, 4) is 0 Å². The summed E-state index contributed by atoms with van der Waals surface area (Å²) in [6.45, 7) is 1.80. The minimum absolute atomic E-state index is 0. The SMILES string of the molecule is NCCc1ccc([N+](=O)[O-])cc1.Nc1ccc2ccncc2c1.O=C(N1CCc2ccc([N+](=O)[O-])cc2C1)C(F)(F)F.O=C(NCCc1ccc([N+](=O)[O-])cc1)C(F)(F)F.O=C(OC(=O)C(F)(F)F)C(F)(F)F.O=[N+]([O-])c1ccc2c(c1)CNCC2.[Li+].[OH-]. The third-order valence-corrected chi connectivity index (χ3v) is 11.2. The van der Waals surface area contributed by atoms with Crippen LogP contribution in [0.2, 0.25) is 0 Å². The number of aromatic nitrogens is 1. The Morgan fingerprint density at radius 1 is 0.580 bits per heavy atom. The van der Waals surface area contributed by atoms with E-state index in [-0.39, 0.29) is 84.5 Å². The number of esters is 2. The zero-order valence-electron chi connectivity index (χ0n) is 45.2. The zero-order valence-corrected chi connectivity index (χ0v) is 45.2. The molecule has 24 nitrogen and oxygen atoms in total. The van der Waals surface area contributed by atoms with Crippen LogP contribution in [0.25, 0.3) is 10.8 Å². The number of amides is 2. The van der Waals surface area contributed by atoms with Crippen LogP contribution in [-0.4, -0.2) is 110 Å². The van der Waals surface area contributed by atoms with E-state index in [1.807, 2.05) is 36.5 Å². The van der Waals surface area contributed by atoms with Crippen molar-refractivity contribution in [3.63, 3.8) is 0 Å². The zero-order chi connectivity index (χ0) is 64.7. The molecule has 6 aromatic rings. The first-order chi connectivity index (χ1) is 40.0. The van der Waals surface area contributed by atoms with Gasteiger partial charge in [-0.05, 0) is 95.7 Å². The first-order valence-electron chi connectivity index (χ1n) is 24.1. The fourth-order valence-corrected chi connectivity index (χ4v) is 7.05. The van der Waals surface area contributed by atoms with Crippen molar-refractivity contribution < 1.29 is 121 Å². The number of non-ortho nitro benzene ring substituents is 4. The molecule has 0 atom stereocenters. The molecule has 2 aliphatic rings. The van der Waals surface area contributed by atoms with Crippen LogP contribution in [0.3, 0.4) is 0 Å². The molecule has 0 aliphatic carbocycles. The number of benzene rings is 5. The summed E-state index contributed by atoms with van der Waals surface area (Å²) in [6.07, 6.45) is -15.3. The van der Waals surface area contributed by atoms with Gasteiger partial charge in [-0.3, -0.25) is 55.0 Å². The van der Waals surface area contributed by atoms with Gasteiger partial charge in [-0.25, -0.2) is 9.59 Å². The number of nitrogens with one attached hydrogen (secondary N) is 2. The molecule has 0 bridgehead atoms. The largest absolute Gasteiger partial charge is 1.00 e. The summed E-state index contributed by atoms with van der Waals surface area (Å²) in [7, 11) is 0. The molecular weight excluding hydrogens is 1210 g/mol. The molecule has 0 radical (unpaired) electrons. The standard InChI is InChI=1S/C11H9F3N2O3.C10H9F3N2O3.C9H10N2O2.C9H8N2.C8H10N2O2.C4F6O3.Li.H2O/c12-11(13,14)10(17)15-4-3-7-1-2-9(16(18)19)5-8(7)6-15;11-10(12,13)9(16)14-6-5-7-1-3-8(4-2-7)15(17)18;12-11(13)9-2-1-7-3-4-10-6-8(7)5-9;10-9-2-1-7-3-4-11-6-8(7)5-9;9-6-5-7-1-3-8(4-2-7)10(11)12;5-3(6,7)1(11)13-2(12)4(8,9)10;;/h1-2,5H,3-4,6H2;1-4H,5-6H2,(H,14,16);1-2,5,10H,3-4,6H2;1-6H,10H2;1-4H,5-6,9H2;;;1H2/q;;;;;;+1;/p-1. The van der Waals surface area contributed by atoms with Gasteiger partial charge in [0.1, 0.15) is 0 Å². The molecule has 2 amide bonds. The second kappa shape index (κ2) is 34.7. The molecule has 8 rings (SSSR count). The first-order valence-corrected chi connectivity index (χ1v) is 24.1. The Labute approximate surface area is 499 Å². The molecule has 3 heterocycles. The number of alkyl halides is 12. The number of nitrogens with two attached hydrogens (primary N) is 2. The number of carbonyl (C=O) groups excluding carboxylic acids is 4. The summed E-state index contributed by atoms with van der Waals surface area (Å²) >= 11 is 0. The number of nitro groups is 4. The Morgan fingerprint density at radius 2 is 1.05 bits per heavy atom. The summed E-state index contributed by atoms with van der Waals surface area (Å²) in [5.74, 6) is -10.3. The normalized spacial score (nSPS) is 12.2. The molecule has 1 aromatic heterocycles. The molecule has 0 spiro atoms. The number of anilines is 1. The van der Waals surface area contributed by atoms with Crippen LogP contribution in [0.15, 0.2) is 122 Å². The van der Waals surface area contributed by atoms with E-state index in [9.17, 15) is 112 Å². The molecule has 0 fully saturated rings. The maximum absolute atomic E-state index is 12.3. The Hall–Kier alpha value is -9.37. The number of halogens is 12. The van der Waals surface area contributed by atoms with Crippen LogP contribution in [-0.2, 0) is 62.7 Å². The maximum Gasteiger partial charge on any atom is 1.00 e. The van der Waals surface area contributed by atoms with Crippen LogP contribution in [0, 0.1) is 40.5 Å². The van der Waals surface area contributed by atoms with Gasteiger partial charge in [0.05, 0.1) is 19.7 Å². The van der Waals surface area contributed by atoms with E-state index >= 15 is 0 Å². The molecule has 0 unspecified atom stereocenters. The van der Waals surface area contributed by atoms with E-state index in [4.69, 9.17) is 11.5 Å². The molecular formula is C51H47F12LiN10O14. The number of carbonyl (C=O) groups is 4. The molecule has 470 valence electrons. The molecule has 7 N–H and O–H groups in total. The molecule has 5 aromatic carbocycles. The van der Waals surface area contributed by atoms with Gasteiger partial charge >= 0.3 is 67.3 Å². The van der Waals surface area contributed by atoms with E-state index in [1.165, 1.54) is 65.5 Å². The monoisotopic (exact) mass is 1260 g/mol. The number of rotatable bonds is 9. The van der Waals surface area contributed by atoms with E-state index < -0.39 is 63.2 Å². The van der Waals surface area contributed by atoms with Gasteiger partial charge in [0.25, 0.3) is 22.7 Å². The van der Waals surface area contributed by atoms with Gasteiger partial charge in [-0.2, -0.15) is 52.7 Å². The van der Waals surface area contributed by atoms with Gasteiger partial charge < -0.3 is 37.2 Å². The number of fused-ring (bicyclic) bond motifs is 3. The van der Waals surface area contributed by atoms with Crippen molar-refractivity contribution in [2.45, 2.75) is 63.5 Å². The van der Waals surface area contributed by atoms with Crippen molar-refractivity contribution in [3.05, 3.63) is 195 Å². The van der Waals surface area contributed by atoms with Gasteiger partial charge in [-0.1, -0.05) is 42.5 Å². The summed E-state index contributed by atoms with van der Waals surface area (Å²) in [6, 6.07) is 28.7. The third kappa shape index (κ3) is 26.1. The van der Waals surface area contributed by atoms with Gasteiger partial charge in [0.2, 0.25) is 0 Å². The van der Waals surface area contributed by atoms with E-state index in [2.05, 4.69) is 15.0 Å². The summed E-state index contributed by atoms with van der Waals surface area (Å²) < 4.78 is 142. The van der Waals surface area contributed by atoms with Crippen molar-refractivity contribution in [1.29, 1.82) is 0 Å². The number of nitrogen functional groups attached to an aromatic ring is 1. The van der Waals surface area contributed by atoms with Crippen molar-refractivity contribution >= 4 is 63.0 Å². The Kier molecular flexibility index (Phi) is 30.2. The summed E-state index contributed by atoms with van der Waals surface area (Å²) in [4.78, 5) is 85.3. The van der Waals surface area contributed by atoms with E-state index in [1.54, 1.807) is 35.8 Å². The fourth-order valence-electron chi connectivity index (χ4n) is 7.05. The van der Waals surface area contributed by atoms with Crippen LogP contribution in [0.5, 0.6) is 0 Å². The third-order valence-electron chi connectivity index (χ3n) is 11.2. The quantitative estimate of drug-likeness (QED) is 0.0244.